The lowest BCUT2D eigenvalue weighted by atomic mass is 10.5. The van der Waals surface area contributed by atoms with Crippen molar-refractivity contribution in [1.82, 2.24) is 9.97 Å². The monoisotopic (exact) mass is 239 g/mol. The van der Waals surface area contributed by atoms with E-state index in [1.165, 1.54) is 7.11 Å². The van der Waals surface area contributed by atoms with Crippen LogP contribution in [0.3, 0.4) is 0 Å². The second kappa shape index (κ2) is 6.67. The molecule has 0 aliphatic carbocycles. The summed E-state index contributed by atoms with van der Waals surface area (Å²) < 4.78 is 9.89. The third-order valence-electron chi connectivity index (χ3n) is 2.12. The summed E-state index contributed by atoms with van der Waals surface area (Å²) in [6.45, 7) is 4.82. The number of hydrogen-bond acceptors (Lipinski definition) is 6. The third-order valence-corrected chi connectivity index (χ3v) is 2.12. The normalized spacial score (nSPS) is 9.82. The van der Waals surface area contributed by atoms with E-state index in [4.69, 9.17) is 9.47 Å². The molecule has 0 N–H and O–H groups in total. The van der Waals surface area contributed by atoms with Gasteiger partial charge in [-0.2, -0.15) is 4.98 Å². The van der Waals surface area contributed by atoms with Gasteiger partial charge in [0.2, 0.25) is 11.8 Å². The minimum Gasteiger partial charge on any atom is -0.481 e. The molecular formula is C11H17N3O3. The standard InChI is InChI=1S/C11H17N3O3/c1-4-14(8-10(15)17-5-2)11-12-7-6-9(13-11)16-3/h6-7H,4-5,8H2,1-3H3. The Morgan fingerprint density at radius 3 is 2.82 bits per heavy atom. The minimum absolute atomic E-state index is 0.136. The maximum Gasteiger partial charge on any atom is 0.325 e. The van der Waals surface area contributed by atoms with E-state index >= 15 is 0 Å². The predicted molar refractivity (Wildman–Crippen MR) is 63.1 cm³/mol. The molecular weight excluding hydrogens is 222 g/mol. The summed E-state index contributed by atoms with van der Waals surface area (Å²) in [7, 11) is 1.54. The van der Waals surface area contributed by atoms with Gasteiger partial charge in [-0.05, 0) is 13.8 Å². The fourth-order valence-electron chi connectivity index (χ4n) is 1.28. The molecule has 0 spiro atoms. The Labute approximate surface area is 101 Å². The van der Waals surface area contributed by atoms with Crippen molar-refractivity contribution in [2.45, 2.75) is 13.8 Å². The van der Waals surface area contributed by atoms with Crippen LogP contribution in [0.2, 0.25) is 0 Å². The van der Waals surface area contributed by atoms with Crippen molar-refractivity contribution in [3.8, 4) is 5.88 Å². The van der Waals surface area contributed by atoms with Gasteiger partial charge in [-0.15, -0.1) is 0 Å². The molecule has 6 nitrogen and oxygen atoms in total. The van der Waals surface area contributed by atoms with Crippen LogP contribution in [0, 0.1) is 0 Å². The van der Waals surface area contributed by atoms with E-state index in [2.05, 4.69) is 9.97 Å². The fourth-order valence-corrected chi connectivity index (χ4v) is 1.28. The van der Waals surface area contributed by atoms with Gasteiger partial charge in [0.05, 0.1) is 13.7 Å². The maximum atomic E-state index is 11.4. The molecule has 0 radical (unpaired) electrons. The molecule has 0 bridgehead atoms. The van der Waals surface area contributed by atoms with E-state index in [1.807, 2.05) is 6.92 Å². The van der Waals surface area contributed by atoms with Crippen molar-refractivity contribution in [3.63, 3.8) is 0 Å². The summed E-state index contributed by atoms with van der Waals surface area (Å²) in [4.78, 5) is 21.4. The number of carbonyl (C=O) groups excluding carboxylic acids is 1. The number of carbonyl (C=O) groups is 1. The zero-order chi connectivity index (χ0) is 12.7. The maximum absolute atomic E-state index is 11.4. The Bertz CT molecular complexity index is 371. The van der Waals surface area contributed by atoms with Crippen LogP contribution in [0.1, 0.15) is 13.8 Å². The van der Waals surface area contributed by atoms with E-state index in [-0.39, 0.29) is 12.5 Å². The molecule has 1 aromatic heterocycles. The Morgan fingerprint density at radius 2 is 2.24 bits per heavy atom. The number of likely N-dealkylation sites (N-methyl/N-ethyl adjacent to an activating group) is 1. The molecule has 94 valence electrons. The van der Waals surface area contributed by atoms with E-state index in [0.717, 1.165) is 0 Å². The van der Waals surface area contributed by atoms with Gasteiger partial charge in [-0.3, -0.25) is 4.79 Å². The van der Waals surface area contributed by atoms with Gasteiger partial charge >= 0.3 is 5.97 Å². The summed E-state index contributed by atoms with van der Waals surface area (Å²) in [5.41, 5.74) is 0. The molecule has 0 unspecified atom stereocenters. The zero-order valence-electron chi connectivity index (χ0n) is 10.3. The van der Waals surface area contributed by atoms with Crippen molar-refractivity contribution in [1.29, 1.82) is 0 Å². The summed E-state index contributed by atoms with van der Waals surface area (Å²) in [5, 5.41) is 0. The van der Waals surface area contributed by atoms with Crippen molar-refractivity contribution in [2.75, 3.05) is 31.7 Å². The molecule has 0 aliphatic heterocycles. The summed E-state index contributed by atoms with van der Waals surface area (Å²) in [5.74, 6) is 0.637. The molecule has 0 fully saturated rings. The largest absolute Gasteiger partial charge is 0.481 e. The molecule has 6 heteroatoms. The highest BCUT2D eigenvalue weighted by Crippen LogP contribution is 2.11. The second-order valence-corrected chi connectivity index (χ2v) is 3.22. The highest BCUT2D eigenvalue weighted by molar-refractivity contribution is 5.74. The lowest BCUT2D eigenvalue weighted by Crippen LogP contribution is -2.32. The van der Waals surface area contributed by atoms with E-state index in [1.54, 1.807) is 24.1 Å². The lowest BCUT2D eigenvalue weighted by Gasteiger charge is -2.19. The van der Waals surface area contributed by atoms with E-state index in [9.17, 15) is 4.79 Å². The van der Waals surface area contributed by atoms with Crippen LogP contribution < -0.4 is 9.64 Å². The topological polar surface area (TPSA) is 64.5 Å². The third kappa shape index (κ3) is 3.90. The molecule has 1 aromatic rings. The van der Waals surface area contributed by atoms with E-state index in [0.29, 0.717) is 25.0 Å². The molecule has 0 atom stereocenters. The Morgan fingerprint density at radius 1 is 1.47 bits per heavy atom. The fraction of sp³-hybridized carbons (Fsp3) is 0.545. The van der Waals surface area contributed by atoms with Gasteiger partial charge in [0.15, 0.2) is 0 Å². The quantitative estimate of drug-likeness (QED) is 0.686. The number of rotatable bonds is 6. The number of aromatic nitrogens is 2. The van der Waals surface area contributed by atoms with Gasteiger partial charge in [-0.1, -0.05) is 0 Å². The molecule has 0 saturated heterocycles. The predicted octanol–water partition coefficient (Wildman–Crippen LogP) is 0.875. The van der Waals surface area contributed by atoms with Crippen LogP contribution in [0.5, 0.6) is 5.88 Å². The number of ether oxygens (including phenoxy) is 2. The van der Waals surface area contributed by atoms with Crippen LogP contribution in [-0.2, 0) is 9.53 Å². The SMILES string of the molecule is CCOC(=O)CN(CC)c1nccc(OC)n1. The smallest absolute Gasteiger partial charge is 0.325 e. The van der Waals surface area contributed by atoms with Crippen molar-refractivity contribution < 1.29 is 14.3 Å². The van der Waals surface area contributed by atoms with Crippen LogP contribution in [0.15, 0.2) is 12.3 Å². The summed E-state index contributed by atoms with van der Waals surface area (Å²) >= 11 is 0. The van der Waals surface area contributed by atoms with Gasteiger partial charge in [0.1, 0.15) is 6.54 Å². The van der Waals surface area contributed by atoms with Gasteiger partial charge in [0, 0.05) is 18.8 Å². The van der Waals surface area contributed by atoms with Crippen molar-refractivity contribution in [3.05, 3.63) is 12.3 Å². The Balaban J connectivity index is 2.74. The molecule has 0 amide bonds. The lowest BCUT2D eigenvalue weighted by molar-refractivity contribution is -0.141. The first-order valence-corrected chi connectivity index (χ1v) is 5.48. The number of hydrogen-bond donors (Lipinski definition) is 0. The first-order valence-electron chi connectivity index (χ1n) is 5.48. The average Bonchev–Trinajstić information content (AvgIpc) is 2.36. The highest BCUT2D eigenvalue weighted by Gasteiger charge is 2.13. The highest BCUT2D eigenvalue weighted by atomic mass is 16.5. The van der Waals surface area contributed by atoms with Gasteiger partial charge in [-0.25, -0.2) is 4.98 Å². The molecule has 0 aliphatic rings. The van der Waals surface area contributed by atoms with E-state index < -0.39 is 0 Å². The second-order valence-electron chi connectivity index (χ2n) is 3.22. The van der Waals surface area contributed by atoms with Crippen LogP contribution in [0.25, 0.3) is 0 Å². The summed E-state index contributed by atoms with van der Waals surface area (Å²) in [6.07, 6.45) is 1.59. The van der Waals surface area contributed by atoms with Gasteiger partial charge in [0.25, 0.3) is 0 Å². The summed E-state index contributed by atoms with van der Waals surface area (Å²) in [6, 6.07) is 1.65. The van der Waals surface area contributed by atoms with Crippen molar-refractivity contribution in [2.24, 2.45) is 0 Å². The van der Waals surface area contributed by atoms with Crippen LogP contribution >= 0.6 is 0 Å². The van der Waals surface area contributed by atoms with Crippen LogP contribution in [0.4, 0.5) is 5.95 Å². The minimum atomic E-state index is -0.291. The van der Waals surface area contributed by atoms with Crippen LogP contribution in [-0.4, -0.2) is 42.7 Å². The number of esters is 1. The number of methoxy groups -OCH3 is 1. The molecule has 0 aromatic carbocycles. The van der Waals surface area contributed by atoms with Gasteiger partial charge < -0.3 is 14.4 Å². The number of anilines is 1. The first kappa shape index (κ1) is 13.2. The molecule has 1 heterocycles. The Hall–Kier alpha value is -1.85. The number of nitrogens with zero attached hydrogens (tertiary/aromatic N) is 3. The molecule has 17 heavy (non-hydrogen) atoms. The first-order chi connectivity index (χ1) is 8.21. The molecule has 1 rings (SSSR count). The average molecular weight is 239 g/mol. The molecule has 0 saturated carbocycles. The zero-order valence-corrected chi connectivity index (χ0v) is 10.3. The Kier molecular flexibility index (Phi) is 5.19. The van der Waals surface area contributed by atoms with Crippen molar-refractivity contribution >= 4 is 11.9 Å².